The number of aliphatic carboxylic acids is 1. The summed E-state index contributed by atoms with van der Waals surface area (Å²) < 4.78 is 5.65. The molecular weight excluding hydrogens is 432 g/mol. The number of hydrogen-bond donors (Lipinski definition) is 2. The Bertz CT molecular complexity index is 1050. The molecule has 1 heterocycles. The summed E-state index contributed by atoms with van der Waals surface area (Å²) in [6.07, 6.45) is 3.51. The number of amides is 2. The van der Waals surface area contributed by atoms with Gasteiger partial charge in [-0.1, -0.05) is 48.5 Å². The smallest absolute Gasteiger partial charge is 0.407 e. The normalized spacial score (nSPS) is 23.8. The number of fused-ring (bicyclic) bond motifs is 3. The number of carbonyl (C=O) groups excluding carboxylic acids is 2. The molecule has 1 saturated carbocycles. The van der Waals surface area contributed by atoms with E-state index in [-0.39, 0.29) is 30.4 Å². The molecule has 2 aromatic carbocycles. The fourth-order valence-electron chi connectivity index (χ4n) is 5.81. The van der Waals surface area contributed by atoms with Gasteiger partial charge >= 0.3 is 12.1 Å². The molecule has 2 aromatic rings. The summed E-state index contributed by atoms with van der Waals surface area (Å²) in [5.74, 6) is -1.12. The first-order valence-corrected chi connectivity index (χ1v) is 12.2. The van der Waals surface area contributed by atoms with E-state index in [0.717, 1.165) is 6.42 Å². The van der Waals surface area contributed by atoms with E-state index in [1.54, 1.807) is 0 Å². The lowest BCUT2D eigenvalue weighted by molar-refractivity contribution is -0.150. The molecule has 1 atom stereocenters. The van der Waals surface area contributed by atoms with Gasteiger partial charge in [-0.3, -0.25) is 4.79 Å². The predicted molar refractivity (Wildman–Crippen MR) is 126 cm³/mol. The molecular formula is C27H30N2O5. The van der Waals surface area contributed by atoms with Crippen molar-refractivity contribution in [2.45, 2.75) is 56.5 Å². The number of carbonyl (C=O) groups is 3. The maximum Gasteiger partial charge on any atom is 0.407 e. The number of nitrogens with one attached hydrogen (secondary N) is 1. The fraction of sp³-hybridized carbons (Fsp3) is 0.444. The van der Waals surface area contributed by atoms with Gasteiger partial charge in [0.1, 0.15) is 12.6 Å². The van der Waals surface area contributed by atoms with Crippen LogP contribution < -0.4 is 5.32 Å². The number of likely N-dealkylation sites (tertiary alicyclic amines) is 1. The van der Waals surface area contributed by atoms with Crippen LogP contribution in [0.3, 0.4) is 0 Å². The van der Waals surface area contributed by atoms with Crippen LogP contribution >= 0.6 is 0 Å². The van der Waals surface area contributed by atoms with E-state index in [0.29, 0.717) is 38.6 Å². The summed E-state index contributed by atoms with van der Waals surface area (Å²) in [7, 11) is 0. The molecule has 1 aliphatic heterocycles. The molecule has 178 valence electrons. The molecule has 0 radical (unpaired) electrons. The largest absolute Gasteiger partial charge is 0.480 e. The number of nitrogens with zero attached hydrogens (tertiary/aromatic N) is 1. The molecule has 7 nitrogen and oxygen atoms in total. The molecule has 2 fully saturated rings. The second-order valence-corrected chi connectivity index (χ2v) is 9.55. The van der Waals surface area contributed by atoms with Crippen LogP contribution in [0.4, 0.5) is 4.79 Å². The van der Waals surface area contributed by atoms with Crippen LogP contribution in [0.15, 0.2) is 48.5 Å². The molecule has 7 heteroatoms. The van der Waals surface area contributed by atoms with Gasteiger partial charge in [0, 0.05) is 24.4 Å². The van der Waals surface area contributed by atoms with Gasteiger partial charge in [0.05, 0.1) is 0 Å². The van der Waals surface area contributed by atoms with Crippen molar-refractivity contribution in [3.05, 3.63) is 59.7 Å². The highest BCUT2D eigenvalue weighted by molar-refractivity contribution is 5.85. The van der Waals surface area contributed by atoms with Crippen LogP contribution in [-0.2, 0) is 14.3 Å². The predicted octanol–water partition coefficient (Wildman–Crippen LogP) is 4.16. The Labute approximate surface area is 199 Å². The maximum absolute atomic E-state index is 12.8. The molecule has 2 aliphatic carbocycles. The Morgan fingerprint density at radius 1 is 0.912 bits per heavy atom. The molecule has 0 aromatic heterocycles. The Morgan fingerprint density at radius 2 is 1.53 bits per heavy atom. The number of alkyl carbamates (subject to hydrolysis) is 1. The van der Waals surface area contributed by atoms with Gasteiger partial charge in [0.25, 0.3) is 0 Å². The van der Waals surface area contributed by atoms with Crippen molar-refractivity contribution in [1.82, 2.24) is 10.2 Å². The van der Waals surface area contributed by atoms with Gasteiger partial charge in [-0.15, -0.1) is 0 Å². The van der Waals surface area contributed by atoms with Crippen molar-refractivity contribution >= 4 is 18.0 Å². The summed E-state index contributed by atoms with van der Waals surface area (Å²) >= 11 is 0. The average Bonchev–Trinajstić information content (AvgIpc) is 3.46. The van der Waals surface area contributed by atoms with Crippen LogP contribution in [0.1, 0.15) is 55.6 Å². The minimum absolute atomic E-state index is 0.0224. The van der Waals surface area contributed by atoms with Crippen LogP contribution in [0.2, 0.25) is 0 Å². The number of carboxylic acid groups (broad SMARTS) is 1. The van der Waals surface area contributed by atoms with E-state index in [9.17, 15) is 19.5 Å². The lowest BCUT2D eigenvalue weighted by Crippen LogP contribution is -2.46. The quantitative estimate of drug-likeness (QED) is 0.696. The van der Waals surface area contributed by atoms with Crippen molar-refractivity contribution in [3.63, 3.8) is 0 Å². The second-order valence-electron chi connectivity index (χ2n) is 9.55. The number of rotatable bonds is 5. The zero-order valence-corrected chi connectivity index (χ0v) is 19.1. The fourth-order valence-corrected chi connectivity index (χ4v) is 5.81. The van der Waals surface area contributed by atoms with Crippen LogP contribution in [0.5, 0.6) is 0 Å². The Hall–Kier alpha value is -3.35. The molecule has 0 bridgehead atoms. The summed E-state index contributed by atoms with van der Waals surface area (Å²) in [6, 6.07) is 15.7. The molecule has 0 unspecified atom stereocenters. The van der Waals surface area contributed by atoms with Crippen LogP contribution in [0, 0.1) is 5.92 Å². The first-order chi connectivity index (χ1) is 16.5. The van der Waals surface area contributed by atoms with E-state index in [1.165, 1.54) is 27.2 Å². The average molecular weight is 463 g/mol. The summed E-state index contributed by atoms with van der Waals surface area (Å²) in [6.45, 7) is 0.799. The van der Waals surface area contributed by atoms with Crippen LogP contribution in [0.25, 0.3) is 11.1 Å². The van der Waals surface area contributed by atoms with Crippen molar-refractivity contribution in [2.24, 2.45) is 5.92 Å². The van der Waals surface area contributed by atoms with Crippen molar-refractivity contribution in [2.75, 3.05) is 13.2 Å². The van der Waals surface area contributed by atoms with Gasteiger partial charge < -0.3 is 20.1 Å². The lowest BCUT2D eigenvalue weighted by Gasteiger charge is -2.32. The Balaban J connectivity index is 1.12. The minimum Gasteiger partial charge on any atom is -0.480 e. The van der Waals surface area contributed by atoms with E-state index in [2.05, 4.69) is 29.6 Å². The monoisotopic (exact) mass is 462 g/mol. The minimum atomic E-state index is -0.920. The third-order valence-corrected chi connectivity index (χ3v) is 7.56. The molecule has 34 heavy (non-hydrogen) atoms. The number of carboxylic acids is 1. The highest BCUT2D eigenvalue weighted by Gasteiger charge is 2.38. The maximum atomic E-state index is 12.8. The highest BCUT2D eigenvalue weighted by Crippen LogP contribution is 2.44. The van der Waals surface area contributed by atoms with Crippen LogP contribution in [-0.4, -0.2) is 53.2 Å². The Morgan fingerprint density at radius 3 is 2.15 bits per heavy atom. The van der Waals surface area contributed by atoms with Gasteiger partial charge in [-0.05, 0) is 60.8 Å². The Kier molecular flexibility index (Phi) is 6.26. The van der Waals surface area contributed by atoms with Crippen molar-refractivity contribution < 1.29 is 24.2 Å². The third kappa shape index (κ3) is 4.27. The molecule has 2 amide bonds. The number of benzene rings is 2. The summed E-state index contributed by atoms with van der Waals surface area (Å²) in [5, 5.41) is 12.3. The zero-order valence-electron chi connectivity index (χ0n) is 19.1. The van der Waals surface area contributed by atoms with Crippen molar-refractivity contribution in [3.8, 4) is 11.1 Å². The SMILES string of the molecule is O=C(NC1CCC(C(=O)N2CCC[C@@H]2C(=O)O)CC1)OCC1c2ccccc2-c2ccccc21. The van der Waals surface area contributed by atoms with E-state index in [1.807, 2.05) is 24.3 Å². The van der Waals surface area contributed by atoms with Gasteiger partial charge in [-0.25, -0.2) is 9.59 Å². The summed E-state index contributed by atoms with van der Waals surface area (Å²) in [4.78, 5) is 38.4. The molecule has 0 spiro atoms. The van der Waals surface area contributed by atoms with E-state index >= 15 is 0 Å². The van der Waals surface area contributed by atoms with Crippen molar-refractivity contribution in [1.29, 1.82) is 0 Å². The molecule has 3 aliphatic rings. The molecule has 5 rings (SSSR count). The van der Waals surface area contributed by atoms with Gasteiger partial charge in [0.2, 0.25) is 5.91 Å². The first-order valence-electron chi connectivity index (χ1n) is 12.2. The standard InChI is InChI=1S/C27H30N2O5/c30-25(29-15-5-10-24(29)26(31)32)17-11-13-18(14-12-17)28-27(33)34-16-23-21-8-3-1-6-19(21)20-7-2-4-9-22(20)23/h1-4,6-9,17-18,23-24H,5,10-16H2,(H,28,33)(H,31,32)/t17?,18?,24-/m1/s1. The first kappa shape index (κ1) is 22.4. The van der Waals surface area contributed by atoms with Gasteiger partial charge in [-0.2, -0.15) is 0 Å². The summed E-state index contributed by atoms with van der Waals surface area (Å²) in [5.41, 5.74) is 4.74. The van der Waals surface area contributed by atoms with E-state index in [4.69, 9.17) is 4.74 Å². The van der Waals surface area contributed by atoms with Gasteiger partial charge in [0.15, 0.2) is 0 Å². The highest BCUT2D eigenvalue weighted by atomic mass is 16.5. The lowest BCUT2D eigenvalue weighted by atomic mass is 9.85. The molecule has 2 N–H and O–H groups in total. The third-order valence-electron chi connectivity index (χ3n) is 7.56. The molecule has 1 saturated heterocycles. The number of hydrogen-bond acceptors (Lipinski definition) is 4. The van der Waals surface area contributed by atoms with E-state index < -0.39 is 18.1 Å². The second kappa shape index (κ2) is 9.49. The zero-order chi connectivity index (χ0) is 23.7. The topological polar surface area (TPSA) is 95.9 Å². The number of ether oxygens (including phenoxy) is 1.